The number of benzene rings is 3. The van der Waals surface area contributed by atoms with E-state index in [1.165, 1.54) is 0 Å². The zero-order valence-corrected chi connectivity index (χ0v) is 17.6. The largest absolute Gasteiger partial charge is 0.412 e. The summed E-state index contributed by atoms with van der Waals surface area (Å²) in [7, 11) is 0. The van der Waals surface area contributed by atoms with Gasteiger partial charge >= 0.3 is 6.09 Å². The molecule has 164 valence electrons. The van der Waals surface area contributed by atoms with Crippen LogP contribution in [-0.4, -0.2) is 24.0 Å². The predicted molar refractivity (Wildman–Crippen MR) is 125 cm³/mol. The monoisotopic (exact) mass is 431 g/mol. The topological polar surface area (TPSA) is 132 Å². The molecule has 0 aromatic heterocycles. The van der Waals surface area contributed by atoms with Crippen molar-refractivity contribution in [1.82, 2.24) is 5.32 Å². The highest BCUT2D eigenvalue weighted by Gasteiger charge is 2.11. The predicted octanol–water partition coefficient (Wildman–Crippen LogP) is 3.56. The normalized spacial score (nSPS) is 11.2. The fourth-order valence-electron chi connectivity index (χ4n) is 3.02. The van der Waals surface area contributed by atoms with Crippen LogP contribution in [0.25, 0.3) is 0 Å². The third-order valence-corrected chi connectivity index (χ3v) is 4.44. The highest BCUT2D eigenvalue weighted by atomic mass is 16.6. The lowest BCUT2D eigenvalue weighted by molar-refractivity contribution is 0.102. The van der Waals surface area contributed by atoms with Crippen LogP contribution in [-0.2, 0) is 6.42 Å². The van der Waals surface area contributed by atoms with Gasteiger partial charge in [-0.15, -0.1) is 0 Å². The molecule has 0 aliphatic carbocycles. The lowest BCUT2D eigenvalue weighted by Crippen LogP contribution is -2.36. The fraction of sp³-hybridized carbons (Fsp3) is 0.125. The Kier molecular flexibility index (Phi) is 7.42. The molecule has 1 unspecified atom stereocenters. The summed E-state index contributed by atoms with van der Waals surface area (Å²) in [6, 6.07) is 22.8. The van der Waals surface area contributed by atoms with Crippen molar-refractivity contribution in [2.75, 3.05) is 5.32 Å². The third-order valence-electron chi connectivity index (χ3n) is 4.44. The maximum absolute atomic E-state index is 12.5. The molecule has 3 rings (SSSR count). The van der Waals surface area contributed by atoms with Gasteiger partial charge in [-0.2, -0.15) is 0 Å². The van der Waals surface area contributed by atoms with E-state index in [-0.39, 0.29) is 17.9 Å². The van der Waals surface area contributed by atoms with Gasteiger partial charge in [0.1, 0.15) is 5.75 Å². The van der Waals surface area contributed by atoms with E-state index in [0.717, 1.165) is 5.56 Å². The summed E-state index contributed by atoms with van der Waals surface area (Å²) >= 11 is 0. The molecule has 1 atom stereocenters. The number of carbonyl (C=O) groups is 2. The number of nitrogens with zero attached hydrogens (tertiary/aromatic N) is 1. The van der Waals surface area contributed by atoms with Crippen molar-refractivity contribution in [2.45, 2.75) is 19.4 Å². The van der Waals surface area contributed by atoms with Gasteiger partial charge in [-0.25, -0.2) is 9.79 Å². The quantitative estimate of drug-likeness (QED) is 0.335. The van der Waals surface area contributed by atoms with Crippen molar-refractivity contribution in [3.05, 3.63) is 90.0 Å². The van der Waals surface area contributed by atoms with E-state index in [1.807, 2.05) is 37.3 Å². The molecule has 0 radical (unpaired) electrons. The molecule has 3 aromatic rings. The summed E-state index contributed by atoms with van der Waals surface area (Å²) in [5.74, 6) is 0.139. The highest BCUT2D eigenvalue weighted by molar-refractivity contribution is 6.04. The second kappa shape index (κ2) is 10.6. The van der Waals surface area contributed by atoms with Gasteiger partial charge in [-0.1, -0.05) is 36.4 Å². The second-order valence-corrected chi connectivity index (χ2v) is 7.19. The number of amides is 2. The van der Waals surface area contributed by atoms with Gasteiger partial charge in [0, 0.05) is 17.3 Å². The average molecular weight is 431 g/mol. The first kappa shape index (κ1) is 22.4. The summed E-state index contributed by atoms with van der Waals surface area (Å²) in [5, 5.41) is 5.64. The Balaban J connectivity index is 1.53. The van der Waals surface area contributed by atoms with Gasteiger partial charge in [0.25, 0.3) is 5.91 Å². The Morgan fingerprint density at radius 1 is 0.969 bits per heavy atom. The van der Waals surface area contributed by atoms with Gasteiger partial charge < -0.3 is 26.8 Å². The van der Waals surface area contributed by atoms with Crippen molar-refractivity contribution in [1.29, 1.82) is 0 Å². The molecule has 0 aliphatic heterocycles. The fourth-order valence-corrected chi connectivity index (χ4v) is 3.02. The molecule has 0 spiro atoms. The summed E-state index contributed by atoms with van der Waals surface area (Å²) in [4.78, 5) is 28.5. The van der Waals surface area contributed by atoms with Crippen molar-refractivity contribution < 1.29 is 14.3 Å². The number of para-hydroxylation sites is 1. The second-order valence-electron chi connectivity index (χ2n) is 7.19. The first-order valence-corrected chi connectivity index (χ1v) is 10.0. The van der Waals surface area contributed by atoms with Gasteiger partial charge in [-0.3, -0.25) is 4.79 Å². The Hall–Kier alpha value is -4.33. The molecule has 0 saturated heterocycles. The summed E-state index contributed by atoms with van der Waals surface area (Å²) < 4.78 is 5.24. The molecule has 0 fully saturated rings. The Morgan fingerprint density at radius 3 is 2.38 bits per heavy atom. The molecule has 0 heterocycles. The number of nitrogens with one attached hydrogen (secondary N) is 2. The molecule has 6 N–H and O–H groups in total. The van der Waals surface area contributed by atoms with Crippen LogP contribution in [0.1, 0.15) is 22.8 Å². The zero-order chi connectivity index (χ0) is 22.9. The smallest absolute Gasteiger partial charge is 0.410 e. The number of ether oxygens (including phenoxy) is 1. The molecule has 2 amide bonds. The minimum absolute atomic E-state index is 0.0739. The number of rotatable bonds is 7. The zero-order valence-electron chi connectivity index (χ0n) is 17.6. The van der Waals surface area contributed by atoms with Gasteiger partial charge in [-0.05, 0) is 61.4 Å². The summed E-state index contributed by atoms with van der Waals surface area (Å²) in [5.41, 5.74) is 13.4. The summed E-state index contributed by atoms with van der Waals surface area (Å²) in [6.07, 6.45) is 0.106. The average Bonchev–Trinajstić information content (AvgIpc) is 2.75. The molecule has 3 aromatic carbocycles. The molecule has 0 saturated carbocycles. The van der Waals surface area contributed by atoms with Crippen LogP contribution < -0.4 is 26.8 Å². The van der Waals surface area contributed by atoms with Crippen molar-refractivity contribution >= 4 is 29.3 Å². The Morgan fingerprint density at radius 2 is 1.69 bits per heavy atom. The van der Waals surface area contributed by atoms with Gasteiger partial charge in [0.2, 0.25) is 0 Å². The number of hydrogen-bond acceptors (Lipinski definition) is 4. The maximum atomic E-state index is 12.5. The highest BCUT2D eigenvalue weighted by Crippen LogP contribution is 2.17. The van der Waals surface area contributed by atoms with E-state index in [0.29, 0.717) is 29.1 Å². The molecule has 0 aliphatic rings. The Labute approximate surface area is 186 Å². The third kappa shape index (κ3) is 6.88. The van der Waals surface area contributed by atoms with Gasteiger partial charge in [0.05, 0.1) is 5.69 Å². The van der Waals surface area contributed by atoms with Crippen LogP contribution in [0.5, 0.6) is 5.75 Å². The standard InChI is InChI=1S/C24H25N5O3/c1-16(27-24(31)32-21-8-3-2-4-9-21)14-17-10-12-19(13-11-17)28-22(30)18-6-5-7-20(15-18)29-23(25)26/h2-13,15-16H,14H2,1H3,(H,27,31)(H,28,30)(H4,25,26,29). The molecule has 8 nitrogen and oxygen atoms in total. The van der Waals surface area contributed by atoms with Gasteiger partial charge in [0.15, 0.2) is 5.96 Å². The number of nitrogens with two attached hydrogens (primary N) is 2. The van der Waals surface area contributed by atoms with E-state index in [2.05, 4.69) is 15.6 Å². The minimum atomic E-state index is -0.504. The van der Waals surface area contributed by atoms with Crippen LogP contribution in [0.4, 0.5) is 16.2 Å². The maximum Gasteiger partial charge on any atom is 0.412 e. The minimum Gasteiger partial charge on any atom is -0.410 e. The molecular formula is C24H25N5O3. The van der Waals surface area contributed by atoms with Crippen molar-refractivity contribution in [3.8, 4) is 5.75 Å². The molecular weight excluding hydrogens is 406 g/mol. The van der Waals surface area contributed by atoms with E-state index in [4.69, 9.17) is 16.2 Å². The van der Waals surface area contributed by atoms with Crippen LogP contribution in [0.15, 0.2) is 83.9 Å². The van der Waals surface area contributed by atoms with Crippen LogP contribution in [0.2, 0.25) is 0 Å². The molecule has 0 bridgehead atoms. The first-order valence-electron chi connectivity index (χ1n) is 10.0. The lowest BCUT2D eigenvalue weighted by Gasteiger charge is -2.14. The Bertz CT molecular complexity index is 1090. The first-order chi connectivity index (χ1) is 15.4. The van der Waals surface area contributed by atoms with Crippen LogP contribution in [0.3, 0.4) is 0 Å². The van der Waals surface area contributed by atoms with Crippen LogP contribution >= 0.6 is 0 Å². The van der Waals surface area contributed by atoms with E-state index < -0.39 is 6.09 Å². The molecule has 8 heteroatoms. The number of carbonyl (C=O) groups excluding carboxylic acids is 2. The van der Waals surface area contributed by atoms with Crippen LogP contribution in [0, 0.1) is 0 Å². The number of anilines is 1. The van der Waals surface area contributed by atoms with E-state index in [9.17, 15) is 9.59 Å². The lowest BCUT2D eigenvalue weighted by atomic mass is 10.1. The number of hydrogen-bond donors (Lipinski definition) is 4. The van der Waals surface area contributed by atoms with Crippen molar-refractivity contribution in [3.63, 3.8) is 0 Å². The number of aliphatic imine (C=N–C) groups is 1. The summed E-state index contributed by atoms with van der Waals surface area (Å²) in [6.45, 7) is 1.89. The van der Waals surface area contributed by atoms with E-state index in [1.54, 1.807) is 48.5 Å². The van der Waals surface area contributed by atoms with Crippen molar-refractivity contribution in [2.24, 2.45) is 16.5 Å². The van der Waals surface area contributed by atoms with E-state index >= 15 is 0 Å². The number of guanidine groups is 1. The molecule has 32 heavy (non-hydrogen) atoms. The SMILES string of the molecule is CC(Cc1ccc(NC(=O)c2cccc(N=C(N)N)c2)cc1)NC(=O)Oc1ccccc1.